The molecule has 0 N–H and O–H groups in total. The van der Waals surface area contributed by atoms with E-state index in [-0.39, 0.29) is 5.97 Å². The Labute approximate surface area is 96.2 Å². The predicted molar refractivity (Wildman–Crippen MR) is 63.9 cm³/mol. The van der Waals surface area contributed by atoms with E-state index in [0.717, 1.165) is 18.7 Å². The molecule has 0 unspecified atom stereocenters. The summed E-state index contributed by atoms with van der Waals surface area (Å²) in [6.07, 6.45) is 1.76. The number of methoxy groups -OCH3 is 1. The number of esters is 1. The Morgan fingerprint density at radius 1 is 1.44 bits per heavy atom. The van der Waals surface area contributed by atoms with Gasteiger partial charge in [-0.3, -0.25) is 0 Å². The Kier molecular flexibility index (Phi) is 4.28. The molecule has 0 radical (unpaired) electrons. The quantitative estimate of drug-likeness (QED) is 0.731. The number of nitrogens with zero attached hydrogens (tertiary/aromatic N) is 2. The Hall–Kier alpha value is -1.58. The number of pyridine rings is 1. The van der Waals surface area contributed by atoms with Crippen LogP contribution in [0, 0.1) is 6.92 Å². The predicted octanol–water partition coefficient (Wildman–Crippen LogP) is 2.02. The molecule has 0 spiro atoms. The van der Waals surface area contributed by atoms with Crippen molar-refractivity contribution in [1.82, 2.24) is 4.98 Å². The lowest BCUT2D eigenvalue weighted by Crippen LogP contribution is -2.25. The van der Waals surface area contributed by atoms with Crippen molar-refractivity contribution in [3.05, 3.63) is 23.4 Å². The van der Waals surface area contributed by atoms with E-state index in [0.29, 0.717) is 11.4 Å². The zero-order valence-electron chi connectivity index (χ0n) is 10.3. The smallest absolute Gasteiger partial charge is 0.341 e. The zero-order chi connectivity index (χ0) is 12.1. The molecule has 1 aromatic rings. The van der Waals surface area contributed by atoms with Crippen LogP contribution in [0.1, 0.15) is 29.8 Å². The maximum absolute atomic E-state index is 11.6. The topological polar surface area (TPSA) is 42.4 Å². The summed E-state index contributed by atoms with van der Waals surface area (Å²) in [5.74, 6) is 0.362. The summed E-state index contributed by atoms with van der Waals surface area (Å²) in [5.41, 5.74) is 1.49. The first-order valence-corrected chi connectivity index (χ1v) is 5.43. The minimum absolute atomic E-state index is 0.335. The summed E-state index contributed by atoms with van der Waals surface area (Å²) in [7, 11) is 1.39. The highest BCUT2D eigenvalue weighted by Crippen LogP contribution is 2.19. The SMILES string of the molecule is CCN(CC)c1ncc(C)cc1C(=O)OC. The second-order valence-electron chi connectivity index (χ2n) is 3.55. The minimum atomic E-state index is -0.335. The normalized spacial score (nSPS) is 10.0. The highest BCUT2D eigenvalue weighted by Gasteiger charge is 2.16. The van der Waals surface area contributed by atoms with Crippen LogP contribution < -0.4 is 4.90 Å². The van der Waals surface area contributed by atoms with Gasteiger partial charge < -0.3 is 9.64 Å². The van der Waals surface area contributed by atoms with E-state index >= 15 is 0 Å². The van der Waals surface area contributed by atoms with Gasteiger partial charge in [-0.15, -0.1) is 0 Å². The third kappa shape index (κ3) is 2.51. The van der Waals surface area contributed by atoms with E-state index in [1.807, 2.05) is 31.7 Å². The van der Waals surface area contributed by atoms with Crippen LogP contribution >= 0.6 is 0 Å². The van der Waals surface area contributed by atoms with Crippen molar-refractivity contribution in [3.8, 4) is 0 Å². The molecule has 16 heavy (non-hydrogen) atoms. The van der Waals surface area contributed by atoms with Gasteiger partial charge in [0.25, 0.3) is 0 Å². The lowest BCUT2D eigenvalue weighted by atomic mass is 10.2. The molecule has 0 aliphatic rings. The van der Waals surface area contributed by atoms with Gasteiger partial charge in [0, 0.05) is 19.3 Å². The van der Waals surface area contributed by atoms with E-state index in [9.17, 15) is 4.79 Å². The van der Waals surface area contributed by atoms with E-state index in [2.05, 4.69) is 4.98 Å². The monoisotopic (exact) mass is 222 g/mol. The zero-order valence-corrected chi connectivity index (χ0v) is 10.3. The van der Waals surface area contributed by atoms with Gasteiger partial charge in [-0.05, 0) is 32.4 Å². The Morgan fingerprint density at radius 3 is 2.56 bits per heavy atom. The number of hydrogen-bond acceptors (Lipinski definition) is 4. The van der Waals surface area contributed by atoms with E-state index in [4.69, 9.17) is 4.74 Å². The Morgan fingerprint density at radius 2 is 2.06 bits per heavy atom. The van der Waals surface area contributed by atoms with Crippen molar-refractivity contribution in [3.63, 3.8) is 0 Å². The summed E-state index contributed by atoms with van der Waals surface area (Å²) in [4.78, 5) is 18.0. The van der Waals surface area contributed by atoms with Crippen LogP contribution in [0.25, 0.3) is 0 Å². The fourth-order valence-electron chi connectivity index (χ4n) is 1.60. The minimum Gasteiger partial charge on any atom is -0.465 e. The van der Waals surface area contributed by atoms with Gasteiger partial charge in [0.05, 0.1) is 7.11 Å². The standard InChI is InChI=1S/C12H18N2O2/c1-5-14(6-2)11-10(12(15)16-4)7-9(3)8-13-11/h7-8H,5-6H2,1-4H3. The molecular formula is C12H18N2O2. The van der Waals surface area contributed by atoms with Crippen molar-refractivity contribution < 1.29 is 9.53 Å². The van der Waals surface area contributed by atoms with Crippen LogP contribution in [0.5, 0.6) is 0 Å². The molecule has 4 nitrogen and oxygen atoms in total. The molecule has 0 saturated heterocycles. The molecule has 0 aliphatic heterocycles. The molecule has 0 atom stereocenters. The number of ether oxygens (including phenoxy) is 1. The van der Waals surface area contributed by atoms with E-state index in [1.54, 1.807) is 6.20 Å². The van der Waals surface area contributed by atoms with Gasteiger partial charge >= 0.3 is 5.97 Å². The third-order valence-electron chi connectivity index (χ3n) is 2.47. The lowest BCUT2D eigenvalue weighted by molar-refractivity contribution is 0.0601. The summed E-state index contributed by atoms with van der Waals surface area (Å²) >= 11 is 0. The molecule has 1 rings (SSSR count). The molecule has 0 fully saturated rings. The van der Waals surface area contributed by atoms with Crippen molar-refractivity contribution in [1.29, 1.82) is 0 Å². The number of aryl methyl sites for hydroxylation is 1. The molecule has 1 heterocycles. The molecule has 0 amide bonds. The van der Waals surface area contributed by atoms with Crippen molar-refractivity contribution in [2.75, 3.05) is 25.1 Å². The van der Waals surface area contributed by atoms with E-state index < -0.39 is 0 Å². The fourth-order valence-corrected chi connectivity index (χ4v) is 1.60. The molecule has 4 heteroatoms. The van der Waals surface area contributed by atoms with Crippen molar-refractivity contribution >= 4 is 11.8 Å². The van der Waals surface area contributed by atoms with Gasteiger partial charge in [0.15, 0.2) is 0 Å². The fraction of sp³-hybridized carbons (Fsp3) is 0.500. The summed E-state index contributed by atoms with van der Waals surface area (Å²) in [6, 6.07) is 1.81. The molecule has 0 aromatic carbocycles. The number of rotatable bonds is 4. The first-order chi connectivity index (χ1) is 7.63. The maximum Gasteiger partial charge on any atom is 0.341 e. The molecular weight excluding hydrogens is 204 g/mol. The number of aromatic nitrogens is 1. The first kappa shape index (κ1) is 12.5. The molecule has 88 valence electrons. The van der Waals surface area contributed by atoms with Crippen LogP contribution in [-0.2, 0) is 4.74 Å². The molecule has 1 aromatic heterocycles. The number of anilines is 1. The van der Waals surface area contributed by atoms with Crippen LogP contribution in [0.4, 0.5) is 5.82 Å². The van der Waals surface area contributed by atoms with Crippen molar-refractivity contribution in [2.45, 2.75) is 20.8 Å². The largest absolute Gasteiger partial charge is 0.465 e. The van der Waals surface area contributed by atoms with Crippen LogP contribution in [0.3, 0.4) is 0 Å². The molecule has 0 bridgehead atoms. The summed E-state index contributed by atoms with van der Waals surface area (Å²) in [5, 5.41) is 0. The second kappa shape index (κ2) is 5.49. The Bertz CT molecular complexity index is 373. The first-order valence-electron chi connectivity index (χ1n) is 5.43. The highest BCUT2D eigenvalue weighted by atomic mass is 16.5. The van der Waals surface area contributed by atoms with Gasteiger partial charge in [-0.2, -0.15) is 0 Å². The number of carbonyl (C=O) groups excluding carboxylic acids is 1. The lowest BCUT2D eigenvalue weighted by Gasteiger charge is -2.22. The molecule has 0 aliphatic carbocycles. The van der Waals surface area contributed by atoms with Gasteiger partial charge in [-0.25, -0.2) is 9.78 Å². The summed E-state index contributed by atoms with van der Waals surface area (Å²) < 4.78 is 4.77. The van der Waals surface area contributed by atoms with E-state index in [1.165, 1.54) is 7.11 Å². The van der Waals surface area contributed by atoms with Gasteiger partial charge in [-0.1, -0.05) is 0 Å². The highest BCUT2D eigenvalue weighted by molar-refractivity contribution is 5.94. The number of carbonyl (C=O) groups is 1. The second-order valence-corrected chi connectivity index (χ2v) is 3.55. The van der Waals surface area contributed by atoms with Crippen molar-refractivity contribution in [2.24, 2.45) is 0 Å². The van der Waals surface area contributed by atoms with Crippen LogP contribution in [0.15, 0.2) is 12.3 Å². The average Bonchev–Trinajstić information content (AvgIpc) is 2.31. The Balaban J connectivity index is 3.21. The summed E-state index contributed by atoms with van der Waals surface area (Å²) in [6.45, 7) is 7.61. The average molecular weight is 222 g/mol. The maximum atomic E-state index is 11.6. The van der Waals surface area contributed by atoms with Gasteiger partial charge in [0.1, 0.15) is 11.4 Å². The third-order valence-corrected chi connectivity index (χ3v) is 2.47. The van der Waals surface area contributed by atoms with Crippen LogP contribution in [-0.4, -0.2) is 31.2 Å². The van der Waals surface area contributed by atoms with Crippen LogP contribution in [0.2, 0.25) is 0 Å². The number of hydrogen-bond donors (Lipinski definition) is 0. The molecule has 0 saturated carbocycles. The van der Waals surface area contributed by atoms with Gasteiger partial charge in [0.2, 0.25) is 0 Å².